The van der Waals surface area contributed by atoms with Crippen LogP contribution in [0.1, 0.15) is 15.2 Å². The molecule has 5 heteroatoms. The van der Waals surface area contributed by atoms with Crippen LogP contribution in [-0.2, 0) is 0 Å². The number of hydrogen-bond donors (Lipinski definition) is 2. The summed E-state index contributed by atoms with van der Waals surface area (Å²) in [5, 5.41) is 10.9. The predicted molar refractivity (Wildman–Crippen MR) is 55.6 cm³/mol. The van der Waals surface area contributed by atoms with E-state index in [1.165, 1.54) is 0 Å². The van der Waals surface area contributed by atoms with Crippen molar-refractivity contribution < 1.29 is 4.79 Å². The quantitative estimate of drug-likeness (QED) is 0.791. The third kappa shape index (κ3) is 1.82. The van der Waals surface area contributed by atoms with Crippen molar-refractivity contribution in [3.8, 4) is 0 Å². The molecule has 14 heavy (non-hydrogen) atoms. The Labute approximate surface area is 85.0 Å². The Morgan fingerprint density at radius 1 is 1.64 bits per heavy atom. The number of anilines is 1. The molecule has 2 heterocycles. The molecule has 0 fully saturated rings. The van der Waals surface area contributed by atoms with Crippen LogP contribution in [0.4, 0.5) is 5.69 Å². The van der Waals surface area contributed by atoms with E-state index < -0.39 is 0 Å². The van der Waals surface area contributed by atoms with Crippen LogP contribution in [0, 0.1) is 6.92 Å². The van der Waals surface area contributed by atoms with Gasteiger partial charge in [-0.1, -0.05) is 0 Å². The molecule has 0 aliphatic heterocycles. The van der Waals surface area contributed by atoms with E-state index >= 15 is 0 Å². The van der Waals surface area contributed by atoms with Gasteiger partial charge >= 0.3 is 0 Å². The number of amides is 1. The third-order valence-electron chi connectivity index (χ3n) is 1.75. The molecule has 0 bridgehead atoms. The molecule has 2 rings (SSSR count). The van der Waals surface area contributed by atoms with E-state index in [0.717, 1.165) is 4.88 Å². The van der Waals surface area contributed by atoms with Crippen LogP contribution in [0.5, 0.6) is 0 Å². The van der Waals surface area contributed by atoms with Crippen molar-refractivity contribution in [1.82, 2.24) is 10.2 Å². The first-order chi connectivity index (χ1) is 6.75. The lowest BCUT2D eigenvalue weighted by Crippen LogP contribution is -2.09. The molecule has 0 spiro atoms. The summed E-state index contributed by atoms with van der Waals surface area (Å²) >= 11 is 1.56. The predicted octanol–water partition coefficient (Wildman–Crippen LogP) is 2.03. The van der Waals surface area contributed by atoms with Gasteiger partial charge < -0.3 is 5.32 Å². The van der Waals surface area contributed by atoms with Crippen molar-refractivity contribution in [1.29, 1.82) is 0 Å². The molecule has 0 saturated carbocycles. The maximum atomic E-state index is 11.6. The van der Waals surface area contributed by atoms with Gasteiger partial charge in [-0.25, -0.2) is 0 Å². The van der Waals surface area contributed by atoms with Crippen molar-refractivity contribution in [2.75, 3.05) is 5.32 Å². The molecule has 0 aromatic carbocycles. The van der Waals surface area contributed by atoms with E-state index in [9.17, 15) is 4.79 Å². The zero-order valence-electron chi connectivity index (χ0n) is 7.57. The molecular formula is C9H9N3OS. The first kappa shape index (κ1) is 8.96. The van der Waals surface area contributed by atoms with Gasteiger partial charge in [-0.3, -0.25) is 9.89 Å². The number of thiophene rings is 1. The van der Waals surface area contributed by atoms with Crippen molar-refractivity contribution >= 4 is 22.9 Å². The molecule has 2 aromatic rings. The summed E-state index contributed by atoms with van der Waals surface area (Å²) < 4.78 is 0. The lowest BCUT2D eigenvalue weighted by molar-refractivity contribution is 0.102. The highest BCUT2D eigenvalue weighted by Gasteiger charge is 2.07. The topological polar surface area (TPSA) is 57.8 Å². The minimum absolute atomic E-state index is 0.101. The number of carbonyl (C=O) groups excluding carboxylic acids is 1. The fourth-order valence-corrected chi connectivity index (χ4v) is 1.77. The second-order valence-corrected chi connectivity index (χ2v) is 4.00. The number of rotatable bonds is 2. The van der Waals surface area contributed by atoms with Gasteiger partial charge in [0.2, 0.25) is 0 Å². The van der Waals surface area contributed by atoms with Gasteiger partial charge in [0.1, 0.15) is 0 Å². The molecule has 2 aromatic heterocycles. The highest BCUT2D eigenvalue weighted by Crippen LogP contribution is 2.14. The summed E-state index contributed by atoms with van der Waals surface area (Å²) in [6, 6.07) is 1.86. The van der Waals surface area contributed by atoms with Crippen LogP contribution < -0.4 is 5.32 Å². The third-order valence-corrected chi connectivity index (χ3v) is 2.61. The van der Waals surface area contributed by atoms with E-state index in [2.05, 4.69) is 15.5 Å². The Balaban J connectivity index is 2.10. The summed E-state index contributed by atoms with van der Waals surface area (Å²) in [5.41, 5.74) is 1.37. The smallest absolute Gasteiger partial charge is 0.256 e. The zero-order valence-corrected chi connectivity index (χ0v) is 8.39. The summed E-state index contributed by atoms with van der Waals surface area (Å²) in [7, 11) is 0. The Kier molecular flexibility index (Phi) is 2.32. The summed E-state index contributed by atoms with van der Waals surface area (Å²) in [6.45, 7) is 1.97. The Morgan fingerprint density at radius 2 is 2.50 bits per heavy atom. The van der Waals surface area contributed by atoms with E-state index in [1.807, 2.05) is 18.4 Å². The number of carbonyl (C=O) groups is 1. The number of nitrogens with zero attached hydrogens (tertiary/aromatic N) is 1. The van der Waals surface area contributed by atoms with Crippen LogP contribution in [0.25, 0.3) is 0 Å². The standard InChI is InChI=1S/C9H9N3OS/c1-6-2-7(5-14-6)9(13)12-8-3-10-11-4-8/h2-5H,1H3,(H,10,11)(H,12,13). The average Bonchev–Trinajstić information content (AvgIpc) is 2.75. The van der Waals surface area contributed by atoms with Gasteiger partial charge in [-0.15, -0.1) is 11.3 Å². The van der Waals surface area contributed by atoms with Crippen molar-refractivity contribution in [2.45, 2.75) is 6.92 Å². The fourth-order valence-electron chi connectivity index (χ4n) is 1.09. The second-order valence-electron chi connectivity index (χ2n) is 2.89. The summed E-state index contributed by atoms with van der Waals surface area (Å²) in [4.78, 5) is 12.7. The zero-order chi connectivity index (χ0) is 9.97. The molecule has 0 aliphatic carbocycles. The number of aromatic amines is 1. The highest BCUT2D eigenvalue weighted by molar-refractivity contribution is 7.10. The largest absolute Gasteiger partial charge is 0.319 e. The maximum Gasteiger partial charge on any atom is 0.256 e. The first-order valence-corrected chi connectivity index (χ1v) is 4.99. The molecule has 0 aliphatic rings. The number of aromatic nitrogens is 2. The van der Waals surface area contributed by atoms with E-state index in [-0.39, 0.29) is 5.91 Å². The number of hydrogen-bond acceptors (Lipinski definition) is 3. The number of nitrogens with one attached hydrogen (secondary N) is 2. The van der Waals surface area contributed by atoms with Gasteiger partial charge in [0.05, 0.1) is 17.4 Å². The average molecular weight is 207 g/mol. The van der Waals surface area contributed by atoms with E-state index in [1.54, 1.807) is 23.7 Å². The molecule has 0 radical (unpaired) electrons. The molecule has 0 unspecified atom stereocenters. The Morgan fingerprint density at radius 3 is 3.07 bits per heavy atom. The van der Waals surface area contributed by atoms with Crippen LogP contribution in [0.15, 0.2) is 23.8 Å². The van der Waals surface area contributed by atoms with Gasteiger partial charge in [-0.2, -0.15) is 5.10 Å². The molecule has 0 saturated heterocycles. The fraction of sp³-hybridized carbons (Fsp3) is 0.111. The SMILES string of the molecule is Cc1cc(C(=O)Nc2cn[nH]c2)cs1. The first-order valence-electron chi connectivity index (χ1n) is 4.11. The van der Waals surface area contributed by atoms with Gasteiger partial charge in [0.15, 0.2) is 0 Å². The van der Waals surface area contributed by atoms with E-state index in [4.69, 9.17) is 0 Å². The van der Waals surface area contributed by atoms with Crippen LogP contribution in [0.2, 0.25) is 0 Å². The lowest BCUT2D eigenvalue weighted by Gasteiger charge is -1.97. The molecule has 0 atom stereocenters. The van der Waals surface area contributed by atoms with Crippen LogP contribution in [-0.4, -0.2) is 16.1 Å². The van der Waals surface area contributed by atoms with Crippen molar-refractivity contribution in [3.05, 3.63) is 34.3 Å². The molecule has 72 valence electrons. The van der Waals surface area contributed by atoms with Gasteiger partial charge in [0.25, 0.3) is 5.91 Å². The van der Waals surface area contributed by atoms with Crippen molar-refractivity contribution in [2.24, 2.45) is 0 Å². The Bertz CT molecular complexity index is 433. The molecular weight excluding hydrogens is 198 g/mol. The molecule has 1 amide bonds. The van der Waals surface area contributed by atoms with Crippen LogP contribution >= 0.6 is 11.3 Å². The Hall–Kier alpha value is -1.62. The minimum Gasteiger partial charge on any atom is -0.319 e. The number of aryl methyl sites for hydroxylation is 1. The van der Waals surface area contributed by atoms with E-state index in [0.29, 0.717) is 11.3 Å². The van der Waals surface area contributed by atoms with Crippen LogP contribution in [0.3, 0.4) is 0 Å². The monoisotopic (exact) mass is 207 g/mol. The minimum atomic E-state index is -0.101. The van der Waals surface area contributed by atoms with Gasteiger partial charge in [0, 0.05) is 16.5 Å². The second kappa shape index (κ2) is 3.63. The van der Waals surface area contributed by atoms with Crippen molar-refractivity contribution in [3.63, 3.8) is 0 Å². The maximum absolute atomic E-state index is 11.6. The molecule has 2 N–H and O–H groups in total. The summed E-state index contributed by atoms with van der Waals surface area (Å²) in [6.07, 6.45) is 3.20. The molecule has 4 nitrogen and oxygen atoms in total. The van der Waals surface area contributed by atoms with Gasteiger partial charge in [-0.05, 0) is 13.0 Å². The lowest BCUT2D eigenvalue weighted by atomic mass is 10.3. The highest BCUT2D eigenvalue weighted by atomic mass is 32.1. The normalized spacial score (nSPS) is 10.1. The summed E-state index contributed by atoms with van der Waals surface area (Å²) in [5.74, 6) is -0.101. The number of H-pyrrole nitrogens is 1.